The van der Waals surface area contributed by atoms with Crippen LogP contribution in [0.15, 0.2) is 12.1 Å². The normalized spacial score (nSPS) is 19.5. The lowest BCUT2D eigenvalue weighted by Gasteiger charge is -2.47. The van der Waals surface area contributed by atoms with Gasteiger partial charge >= 0.3 is 10.2 Å². The first-order valence-electron chi connectivity index (χ1n) is 9.48. The summed E-state index contributed by atoms with van der Waals surface area (Å²) in [5.74, 6) is -1.39. The van der Waals surface area contributed by atoms with Gasteiger partial charge in [-0.2, -0.15) is 12.7 Å². The van der Waals surface area contributed by atoms with Crippen LogP contribution < -0.4 is 9.46 Å². The third-order valence-electron chi connectivity index (χ3n) is 6.02. The number of rotatable bonds is 6. The summed E-state index contributed by atoms with van der Waals surface area (Å²) in [5.41, 5.74) is 0.120. The summed E-state index contributed by atoms with van der Waals surface area (Å²) in [6.07, 6.45) is 8.66. The number of benzene rings is 1. The van der Waals surface area contributed by atoms with Crippen molar-refractivity contribution in [2.75, 3.05) is 20.7 Å². The van der Waals surface area contributed by atoms with Gasteiger partial charge in [-0.3, -0.25) is 4.79 Å². The molecular formula is C19H26ClFN2O4S. The molecule has 2 aliphatic rings. The number of hydrogen-bond acceptors (Lipinski definition) is 4. The van der Waals surface area contributed by atoms with Crippen molar-refractivity contribution >= 4 is 27.7 Å². The molecule has 2 fully saturated rings. The Kier molecular flexibility index (Phi) is 6.22. The average molecular weight is 433 g/mol. The molecule has 0 heterocycles. The average Bonchev–Trinajstić information content (AvgIpc) is 2.60. The fourth-order valence-corrected chi connectivity index (χ4v) is 4.66. The number of nitrogens with one attached hydrogen (secondary N) is 1. The molecule has 1 amide bonds. The van der Waals surface area contributed by atoms with Crippen LogP contribution in [-0.2, 0) is 10.2 Å². The Morgan fingerprint density at radius 3 is 2.46 bits per heavy atom. The second-order valence-corrected chi connectivity index (χ2v) is 10.4. The Balaban J connectivity index is 1.61. The van der Waals surface area contributed by atoms with Crippen LogP contribution in [0.2, 0.25) is 5.02 Å². The number of nitrogens with zero attached hydrogens (tertiary/aromatic N) is 1. The van der Waals surface area contributed by atoms with Gasteiger partial charge in [0.15, 0.2) is 0 Å². The molecule has 1 spiro atoms. The Hall–Kier alpha value is -1.38. The number of amides is 1. The minimum absolute atomic E-state index is 0.0695. The van der Waals surface area contributed by atoms with Gasteiger partial charge in [0.05, 0.1) is 17.2 Å². The Labute approximate surface area is 170 Å². The molecule has 0 radical (unpaired) electrons. The minimum atomic E-state index is -4.02. The molecule has 1 N–H and O–H groups in total. The van der Waals surface area contributed by atoms with Crippen LogP contribution >= 0.6 is 11.6 Å². The molecule has 0 aliphatic heterocycles. The summed E-state index contributed by atoms with van der Waals surface area (Å²) < 4.78 is 46.2. The fraction of sp³-hybridized carbons (Fsp3) is 0.632. The van der Waals surface area contributed by atoms with E-state index in [1.54, 1.807) is 4.72 Å². The molecule has 28 heavy (non-hydrogen) atoms. The molecule has 156 valence electrons. The third kappa shape index (κ3) is 4.60. The van der Waals surface area contributed by atoms with Gasteiger partial charge in [-0.25, -0.2) is 9.11 Å². The van der Waals surface area contributed by atoms with Crippen LogP contribution in [0.4, 0.5) is 4.39 Å². The van der Waals surface area contributed by atoms with E-state index < -0.39 is 27.5 Å². The molecule has 0 unspecified atom stereocenters. The molecule has 0 saturated heterocycles. The van der Waals surface area contributed by atoms with Crippen molar-refractivity contribution in [1.29, 1.82) is 0 Å². The van der Waals surface area contributed by atoms with Gasteiger partial charge in [-0.15, -0.1) is 0 Å². The molecule has 0 atom stereocenters. The van der Waals surface area contributed by atoms with Crippen LogP contribution in [0.25, 0.3) is 0 Å². The lowest BCUT2D eigenvalue weighted by atomic mass is 9.59. The first kappa shape index (κ1) is 21.3. The maximum atomic E-state index is 14.4. The topological polar surface area (TPSA) is 75.7 Å². The van der Waals surface area contributed by atoms with E-state index in [1.807, 2.05) is 0 Å². The zero-order chi connectivity index (χ0) is 20.5. The van der Waals surface area contributed by atoms with E-state index in [-0.39, 0.29) is 10.8 Å². The molecular weight excluding hydrogens is 407 g/mol. The first-order valence-corrected chi connectivity index (χ1v) is 11.3. The summed E-state index contributed by atoms with van der Waals surface area (Å²) >= 11 is 6.14. The van der Waals surface area contributed by atoms with Gasteiger partial charge in [0.1, 0.15) is 11.6 Å². The van der Waals surface area contributed by atoms with Crippen LogP contribution in [0.1, 0.15) is 55.3 Å². The Morgan fingerprint density at radius 2 is 1.93 bits per heavy atom. The highest BCUT2D eigenvalue weighted by molar-refractivity contribution is 7.87. The SMILES string of the molecule is CN(C)S(=O)(=O)NC(=O)c1cc(Cl)c(OCC2CCC3(CCC3)CC2)cc1F. The second kappa shape index (κ2) is 8.16. The molecule has 2 aliphatic carbocycles. The number of ether oxygens (including phenoxy) is 1. The molecule has 0 aromatic heterocycles. The minimum Gasteiger partial charge on any atom is -0.492 e. The molecule has 3 rings (SSSR count). The number of halogens is 2. The lowest BCUT2D eigenvalue weighted by molar-refractivity contribution is 0.0432. The highest BCUT2D eigenvalue weighted by atomic mass is 35.5. The Morgan fingerprint density at radius 1 is 1.29 bits per heavy atom. The smallest absolute Gasteiger partial charge is 0.303 e. The van der Waals surface area contributed by atoms with Crippen molar-refractivity contribution in [1.82, 2.24) is 9.03 Å². The highest BCUT2D eigenvalue weighted by Gasteiger charge is 2.40. The summed E-state index contributed by atoms with van der Waals surface area (Å²) in [4.78, 5) is 12.1. The van der Waals surface area contributed by atoms with E-state index in [9.17, 15) is 17.6 Å². The summed E-state index contributed by atoms with van der Waals surface area (Å²) in [6.45, 7) is 0.454. The van der Waals surface area contributed by atoms with E-state index in [2.05, 4.69) is 0 Å². The molecule has 6 nitrogen and oxygen atoms in total. The van der Waals surface area contributed by atoms with E-state index >= 15 is 0 Å². The van der Waals surface area contributed by atoms with Gasteiger partial charge in [0.2, 0.25) is 0 Å². The van der Waals surface area contributed by atoms with Crippen LogP contribution in [0.3, 0.4) is 0 Å². The third-order valence-corrected chi connectivity index (χ3v) is 7.72. The maximum Gasteiger partial charge on any atom is 0.303 e. The van der Waals surface area contributed by atoms with Crippen molar-refractivity contribution in [3.63, 3.8) is 0 Å². The largest absolute Gasteiger partial charge is 0.492 e. The predicted octanol–water partition coefficient (Wildman–Crippen LogP) is 3.75. The van der Waals surface area contributed by atoms with Crippen molar-refractivity contribution < 1.29 is 22.3 Å². The van der Waals surface area contributed by atoms with E-state index in [0.717, 1.165) is 29.3 Å². The van der Waals surface area contributed by atoms with Crippen molar-refractivity contribution in [3.05, 3.63) is 28.5 Å². The number of carbonyl (C=O) groups excluding carboxylic acids is 1. The summed E-state index contributed by atoms with van der Waals surface area (Å²) in [6, 6.07) is 2.13. The van der Waals surface area contributed by atoms with E-state index in [1.165, 1.54) is 46.2 Å². The molecule has 9 heteroatoms. The number of carbonyl (C=O) groups is 1. The van der Waals surface area contributed by atoms with E-state index in [4.69, 9.17) is 16.3 Å². The van der Waals surface area contributed by atoms with Gasteiger partial charge in [0.25, 0.3) is 5.91 Å². The molecule has 0 bridgehead atoms. The standard InChI is InChI=1S/C19H26ClFN2O4S/c1-23(2)28(25,26)22-18(24)14-10-15(20)17(11-16(14)21)27-12-13-4-8-19(9-5-13)6-3-7-19/h10-11,13H,3-9,12H2,1-2H3,(H,22,24). The van der Waals surface area contributed by atoms with Crippen LogP contribution in [0, 0.1) is 17.2 Å². The number of hydrogen-bond donors (Lipinski definition) is 1. The van der Waals surface area contributed by atoms with Crippen LogP contribution in [0.5, 0.6) is 5.75 Å². The maximum absolute atomic E-state index is 14.4. The monoisotopic (exact) mass is 432 g/mol. The molecule has 1 aromatic rings. The first-order chi connectivity index (χ1) is 13.1. The summed E-state index contributed by atoms with van der Waals surface area (Å²) in [5, 5.41) is 0.0695. The zero-order valence-corrected chi connectivity index (χ0v) is 17.7. The zero-order valence-electron chi connectivity index (χ0n) is 16.1. The van der Waals surface area contributed by atoms with Crippen molar-refractivity contribution in [2.45, 2.75) is 44.9 Å². The molecule has 1 aromatic carbocycles. The van der Waals surface area contributed by atoms with Crippen LogP contribution in [-0.4, -0.2) is 39.3 Å². The Bertz CT molecular complexity index is 846. The summed E-state index contributed by atoms with van der Waals surface area (Å²) in [7, 11) is -1.51. The van der Waals surface area contributed by atoms with Gasteiger partial charge in [0, 0.05) is 20.2 Å². The molecule has 2 saturated carbocycles. The van der Waals surface area contributed by atoms with Crippen molar-refractivity contribution in [3.8, 4) is 5.75 Å². The van der Waals surface area contributed by atoms with Gasteiger partial charge < -0.3 is 4.74 Å². The van der Waals surface area contributed by atoms with Gasteiger partial charge in [-0.1, -0.05) is 18.0 Å². The van der Waals surface area contributed by atoms with E-state index in [0.29, 0.717) is 17.9 Å². The predicted molar refractivity (Wildman–Crippen MR) is 105 cm³/mol. The van der Waals surface area contributed by atoms with Crippen molar-refractivity contribution in [2.24, 2.45) is 11.3 Å². The van der Waals surface area contributed by atoms with Gasteiger partial charge in [-0.05, 0) is 55.9 Å². The highest BCUT2D eigenvalue weighted by Crippen LogP contribution is 2.52. The second-order valence-electron chi connectivity index (χ2n) is 8.09. The fourth-order valence-electron chi connectivity index (χ4n) is 3.92. The lowest BCUT2D eigenvalue weighted by Crippen LogP contribution is -2.39. The quantitative estimate of drug-likeness (QED) is 0.742.